The van der Waals surface area contributed by atoms with Crippen LogP contribution in [0.4, 0.5) is 26.7 Å². The summed E-state index contributed by atoms with van der Waals surface area (Å²) in [6.07, 6.45) is -9.65. The second-order valence-electron chi connectivity index (χ2n) is 2.77. The summed E-state index contributed by atoms with van der Waals surface area (Å²) in [7, 11) is 0. The molecule has 0 aromatic heterocycles. The number of carbonyl (C=O) groups excluding carboxylic acids is 1. The molecule has 0 aromatic rings. The van der Waals surface area contributed by atoms with Crippen molar-refractivity contribution >= 4 is 6.16 Å². The van der Waals surface area contributed by atoms with Crippen LogP contribution in [0.2, 0.25) is 0 Å². The van der Waals surface area contributed by atoms with E-state index in [4.69, 9.17) is 0 Å². The number of ether oxygens (including phenoxy) is 2. The van der Waals surface area contributed by atoms with E-state index in [-0.39, 0.29) is 6.92 Å². The Morgan fingerprint density at radius 2 is 1.57 bits per heavy atom. The summed E-state index contributed by atoms with van der Waals surface area (Å²) in [6.45, 7) is 0.288. The maximum absolute atomic E-state index is 13.2. The standard InChI is InChI=1S/C6H5F5O3/c1-5(11)6(2(7)8,3(9)10)14-4(12)13-5/h2-3H,1H3. The van der Waals surface area contributed by atoms with E-state index < -0.39 is 30.5 Å². The van der Waals surface area contributed by atoms with Crippen molar-refractivity contribution in [3.8, 4) is 0 Å². The molecule has 1 rings (SSSR count). The third-order valence-electron chi connectivity index (χ3n) is 1.87. The number of halogens is 5. The van der Waals surface area contributed by atoms with E-state index >= 15 is 0 Å². The first-order chi connectivity index (χ1) is 6.24. The molecule has 1 aliphatic rings. The van der Waals surface area contributed by atoms with Crippen LogP contribution in [0, 0.1) is 0 Å². The van der Waals surface area contributed by atoms with Crippen LogP contribution in [0.15, 0.2) is 0 Å². The smallest absolute Gasteiger partial charge is 0.408 e. The fraction of sp³-hybridized carbons (Fsp3) is 0.833. The van der Waals surface area contributed by atoms with Crippen molar-refractivity contribution in [3.63, 3.8) is 0 Å². The summed E-state index contributed by atoms with van der Waals surface area (Å²) >= 11 is 0. The van der Waals surface area contributed by atoms with E-state index in [1.165, 1.54) is 0 Å². The summed E-state index contributed by atoms with van der Waals surface area (Å²) in [4.78, 5) is 10.3. The van der Waals surface area contributed by atoms with Gasteiger partial charge in [0.15, 0.2) is 0 Å². The Bertz CT molecular complexity index is 244. The van der Waals surface area contributed by atoms with E-state index in [1.54, 1.807) is 0 Å². The third kappa shape index (κ3) is 1.20. The molecule has 1 aliphatic heterocycles. The van der Waals surface area contributed by atoms with E-state index in [2.05, 4.69) is 9.47 Å². The van der Waals surface area contributed by atoms with Gasteiger partial charge >= 0.3 is 17.6 Å². The van der Waals surface area contributed by atoms with Crippen molar-refractivity contribution in [1.82, 2.24) is 0 Å². The second kappa shape index (κ2) is 2.96. The zero-order valence-corrected chi connectivity index (χ0v) is 6.77. The highest BCUT2D eigenvalue weighted by Crippen LogP contribution is 2.46. The van der Waals surface area contributed by atoms with Crippen LogP contribution in [0.25, 0.3) is 0 Å². The number of hydrogen-bond acceptors (Lipinski definition) is 3. The molecule has 1 fully saturated rings. The molecule has 0 bridgehead atoms. The number of hydrogen-bond donors (Lipinski definition) is 0. The van der Waals surface area contributed by atoms with Crippen molar-refractivity contribution in [2.45, 2.75) is 31.2 Å². The van der Waals surface area contributed by atoms with Gasteiger partial charge in [-0.2, -0.15) is 4.39 Å². The van der Waals surface area contributed by atoms with Crippen LogP contribution in [0.3, 0.4) is 0 Å². The molecule has 1 heterocycles. The molecular weight excluding hydrogens is 215 g/mol. The van der Waals surface area contributed by atoms with Crippen LogP contribution in [-0.2, 0) is 9.47 Å². The van der Waals surface area contributed by atoms with Gasteiger partial charge in [-0.15, -0.1) is 0 Å². The largest absolute Gasteiger partial charge is 0.512 e. The fourth-order valence-corrected chi connectivity index (χ4v) is 1.06. The van der Waals surface area contributed by atoms with Gasteiger partial charge in [-0.1, -0.05) is 0 Å². The first-order valence-electron chi connectivity index (χ1n) is 3.41. The minimum absolute atomic E-state index is 0.288. The van der Waals surface area contributed by atoms with Crippen molar-refractivity contribution in [2.24, 2.45) is 0 Å². The highest BCUT2D eigenvalue weighted by Gasteiger charge is 2.73. The molecule has 82 valence electrons. The Balaban J connectivity index is 3.16. The number of carbonyl (C=O) groups is 1. The normalized spacial score (nSPS) is 30.7. The summed E-state index contributed by atoms with van der Waals surface area (Å²) in [5.41, 5.74) is -3.84. The molecule has 1 unspecified atom stereocenters. The average Bonchev–Trinajstić information content (AvgIpc) is 2.20. The predicted octanol–water partition coefficient (Wildman–Crippen LogP) is 2.11. The lowest BCUT2D eigenvalue weighted by Gasteiger charge is -2.30. The SMILES string of the molecule is CC1(F)OC(=O)OC1(C(F)F)C(F)F. The quantitative estimate of drug-likeness (QED) is 0.528. The van der Waals surface area contributed by atoms with Crippen molar-refractivity contribution < 1.29 is 36.2 Å². The van der Waals surface area contributed by atoms with Crippen molar-refractivity contribution in [2.75, 3.05) is 0 Å². The summed E-state index contributed by atoms with van der Waals surface area (Å²) in [5.74, 6) is -3.55. The number of alkyl halides is 5. The molecule has 0 radical (unpaired) electrons. The number of cyclic esters (lactones) is 2. The lowest BCUT2D eigenvalue weighted by molar-refractivity contribution is -0.244. The molecule has 1 saturated heterocycles. The van der Waals surface area contributed by atoms with E-state index in [0.29, 0.717) is 0 Å². The van der Waals surface area contributed by atoms with Gasteiger partial charge in [0.2, 0.25) is 0 Å². The molecule has 0 aliphatic carbocycles. The molecule has 0 spiro atoms. The van der Waals surface area contributed by atoms with Gasteiger partial charge in [0.05, 0.1) is 0 Å². The van der Waals surface area contributed by atoms with Gasteiger partial charge < -0.3 is 9.47 Å². The van der Waals surface area contributed by atoms with E-state index in [0.717, 1.165) is 0 Å². The highest BCUT2D eigenvalue weighted by molar-refractivity contribution is 5.64. The molecular formula is C6H5F5O3. The molecule has 0 N–H and O–H groups in total. The molecule has 8 heteroatoms. The number of rotatable bonds is 2. The van der Waals surface area contributed by atoms with Gasteiger partial charge in [0.25, 0.3) is 12.9 Å². The third-order valence-corrected chi connectivity index (χ3v) is 1.87. The van der Waals surface area contributed by atoms with Gasteiger partial charge in [-0.25, -0.2) is 22.4 Å². The Kier molecular flexibility index (Phi) is 2.32. The molecule has 3 nitrogen and oxygen atoms in total. The maximum atomic E-state index is 13.2. The van der Waals surface area contributed by atoms with Crippen molar-refractivity contribution in [3.05, 3.63) is 0 Å². The average molecular weight is 220 g/mol. The Morgan fingerprint density at radius 3 is 1.71 bits per heavy atom. The molecule has 0 aromatic carbocycles. The van der Waals surface area contributed by atoms with E-state index in [9.17, 15) is 26.7 Å². The first kappa shape index (κ1) is 11.0. The van der Waals surface area contributed by atoms with E-state index in [1.807, 2.05) is 0 Å². The Morgan fingerprint density at radius 1 is 1.14 bits per heavy atom. The van der Waals surface area contributed by atoms with Gasteiger partial charge in [0, 0.05) is 6.92 Å². The summed E-state index contributed by atoms with van der Waals surface area (Å²) in [6, 6.07) is 0. The van der Waals surface area contributed by atoms with Crippen LogP contribution < -0.4 is 0 Å². The topological polar surface area (TPSA) is 35.5 Å². The maximum Gasteiger partial charge on any atom is 0.512 e. The zero-order valence-electron chi connectivity index (χ0n) is 6.77. The summed E-state index contributed by atoms with van der Waals surface area (Å²) < 4.78 is 69.3. The second-order valence-corrected chi connectivity index (χ2v) is 2.77. The van der Waals surface area contributed by atoms with Gasteiger partial charge in [-0.3, -0.25) is 0 Å². The lowest BCUT2D eigenvalue weighted by Crippen LogP contribution is -2.57. The zero-order chi connectivity index (χ0) is 11.1. The Hall–Kier alpha value is -1.08. The fourth-order valence-electron chi connectivity index (χ4n) is 1.06. The van der Waals surface area contributed by atoms with Gasteiger partial charge in [0.1, 0.15) is 0 Å². The monoisotopic (exact) mass is 220 g/mol. The highest BCUT2D eigenvalue weighted by atomic mass is 19.3. The minimum Gasteiger partial charge on any atom is -0.408 e. The van der Waals surface area contributed by atoms with Crippen LogP contribution in [0.1, 0.15) is 6.92 Å². The van der Waals surface area contributed by atoms with Crippen LogP contribution in [0.5, 0.6) is 0 Å². The van der Waals surface area contributed by atoms with Gasteiger partial charge in [-0.05, 0) is 0 Å². The van der Waals surface area contributed by atoms with Crippen LogP contribution in [-0.4, -0.2) is 30.5 Å². The molecule has 14 heavy (non-hydrogen) atoms. The molecule has 0 saturated carbocycles. The minimum atomic E-state index is -3.89. The molecule has 0 amide bonds. The Labute approximate surface area is 74.8 Å². The van der Waals surface area contributed by atoms with Crippen LogP contribution >= 0.6 is 0 Å². The molecule has 1 atom stereocenters. The first-order valence-corrected chi connectivity index (χ1v) is 3.41. The summed E-state index contributed by atoms with van der Waals surface area (Å²) in [5, 5.41) is 0. The predicted molar refractivity (Wildman–Crippen MR) is 31.8 cm³/mol. The van der Waals surface area contributed by atoms with Crippen molar-refractivity contribution in [1.29, 1.82) is 0 Å². The lowest BCUT2D eigenvalue weighted by atomic mass is 9.97.